The predicted octanol–water partition coefficient (Wildman–Crippen LogP) is 4.79. The van der Waals surface area contributed by atoms with Crippen molar-refractivity contribution in [2.45, 2.75) is 6.92 Å². The Morgan fingerprint density at radius 1 is 1.09 bits per heavy atom. The van der Waals surface area contributed by atoms with Gasteiger partial charge in [-0.05, 0) is 42.8 Å². The lowest BCUT2D eigenvalue weighted by atomic mass is 10.1. The lowest BCUT2D eigenvalue weighted by molar-refractivity contribution is 0.629. The first kappa shape index (κ1) is 14.9. The fourth-order valence-corrected chi connectivity index (χ4v) is 2.29. The molecule has 0 saturated carbocycles. The summed E-state index contributed by atoms with van der Waals surface area (Å²) in [7, 11) is 0. The predicted molar refractivity (Wildman–Crippen MR) is 94.0 cm³/mol. The molecule has 0 radical (unpaired) electrons. The molecule has 0 unspecified atom stereocenters. The van der Waals surface area contributed by atoms with Crippen molar-refractivity contribution in [3.05, 3.63) is 77.7 Å². The van der Waals surface area contributed by atoms with E-state index in [4.69, 9.17) is 0 Å². The zero-order chi connectivity index (χ0) is 16.1. The van der Waals surface area contributed by atoms with Gasteiger partial charge in [-0.25, -0.2) is 4.39 Å². The van der Waals surface area contributed by atoms with E-state index in [1.807, 2.05) is 55.5 Å². The molecule has 114 valence electrons. The number of anilines is 1. The number of pyridine rings is 1. The molecule has 0 saturated heterocycles. The first-order chi connectivity index (χ1) is 11.2. The van der Waals surface area contributed by atoms with E-state index in [-0.39, 0.29) is 5.82 Å². The number of rotatable bonds is 4. The molecule has 1 heterocycles. The molecule has 0 bridgehead atoms. The van der Waals surface area contributed by atoms with Crippen LogP contribution in [0.5, 0.6) is 0 Å². The Morgan fingerprint density at radius 2 is 1.91 bits per heavy atom. The molecule has 2 aromatic carbocycles. The number of aromatic nitrogens is 1. The number of hydrogen-bond acceptors (Lipinski definition) is 3. The lowest BCUT2D eigenvalue weighted by Crippen LogP contribution is -1.94. The molecule has 1 N–H and O–H groups in total. The minimum absolute atomic E-state index is 0.292. The summed E-state index contributed by atoms with van der Waals surface area (Å²) in [6.45, 7) is 1.90. The highest BCUT2D eigenvalue weighted by atomic mass is 19.1. The van der Waals surface area contributed by atoms with Crippen LogP contribution in [0.1, 0.15) is 11.3 Å². The summed E-state index contributed by atoms with van der Waals surface area (Å²) >= 11 is 0. The highest BCUT2D eigenvalue weighted by Crippen LogP contribution is 2.24. The summed E-state index contributed by atoms with van der Waals surface area (Å²) in [5.41, 5.74) is 6.38. The van der Waals surface area contributed by atoms with E-state index in [2.05, 4.69) is 15.5 Å². The Labute approximate surface area is 134 Å². The van der Waals surface area contributed by atoms with Gasteiger partial charge in [-0.15, -0.1) is 0 Å². The van der Waals surface area contributed by atoms with Crippen molar-refractivity contribution < 1.29 is 4.39 Å². The summed E-state index contributed by atoms with van der Waals surface area (Å²) in [5.74, 6) is -0.292. The van der Waals surface area contributed by atoms with Gasteiger partial charge in [-0.3, -0.25) is 10.4 Å². The van der Waals surface area contributed by atoms with Crippen LogP contribution < -0.4 is 5.43 Å². The number of hydrogen-bond donors (Lipinski definition) is 1. The van der Waals surface area contributed by atoms with Gasteiger partial charge < -0.3 is 0 Å². The molecule has 0 amide bonds. The topological polar surface area (TPSA) is 37.3 Å². The van der Waals surface area contributed by atoms with Crippen LogP contribution >= 0.6 is 0 Å². The van der Waals surface area contributed by atoms with Gasteiger partial charge >= 0.3 is 0 Å². The summed E-state index contributed by atoms with van der Waals surface area (Å²) in [5, 5.41) is 4.87. The van der Waals surface area contributed by atoms with E-state index < -0.39 is 0 Å². The number of fused-ring (bicyclic) bond motifs is 1. The average molecular weight is 305 g/mol. The Morgan fingerprint density at radius 3 is 2.74 bits per heavy atom. The maximum absolute atomic E-state index is 13.4. The fourth-order valence-electron chi connectivity index (χ4n) is 2.29. The van der Waals surface area contributed by atoms with Crippen LogP contribution in [0.15, 0.2) is 65.8 Å². The van der Waals surface area contributed by atoms with Gasteiger partial charge in [0, 0.05) is 17.3 Å². The Hall–Kier alpha value is -3.01. The quantitative estimate of drug-likeness (QED) is 0.555. The molecule has 3 rings (SSSR count). The zero-order valence-corrected chi connectivity index (χ0v) is 12.7. The van der Waals surface area contributed by atoms with Crippen LogP contribution in [0, 0.1) is 12.7 Å². The van der Waals surface area contributed by atoms with Crippen LogP contribution in [0.25, 0.3) is 17.0 Å². The van der Waals surface area contributed by atoms with Gasteiger partial charge in [0.25, 0.3) is 0 Å². The molecule has 0 atom stereocenters. The fraction of sp³-hybridized carbons (Fsp3) is 0.0526. The van der Waals surface area contributed by atoms with Crippen molar-refractivity contribution in [1.82, 2.24) is 4.98 Å². The van der Waals surface area contributed by atoms with E-state index in [9.17, 15) is 4.39 Å². The van der Waals surface area contributed by atoms with Gasteiger partial charge in [0.15, 0.2) is 0 Å². The first-order valence-electron chi connectivity index (χ1n) is 7.30. The number of nitrogens with one attached hydrogen (secondary N) is 1. The molecule has 1 aromatic heterocycles. The Kier molecular flexibility index (Phi) is 4.43. The second-order valence-corrected chi connectivity index (χ2v) is 5.13. The molecule has 0 aliphatic heterocycles. The minimum Gasteiger partial charge on any atom is -0.278 e. The molecule has 0 aliphatic carbocycles. The maximum Gasteiger partial charge on any atom is 0.124 e. The largest absolute Gasteiger partial charge is 0.278 e. The van der Waals surface area contributed by atoms with Crippen molar-refractivity contribution in [3.8, 4) is 0 Å². The summed E-state index contributed by atoms with van der Waals surface area (Å²) in [6.07, 6.45) is 5.47. The molecule has 3 nitrogen and oxygen atoms in total. The van der Waals surface area contributed by atoms with Gasteiger partial charge in [-0.1, -0.05) is 36.4 Å². The van der Waals surface area contributed by atoms with E-state index in [1.165, 1.54) is 12.1 Å². The highest BCUT2D eigenvalue weighted by molar-refractivity contribution is 5.92. The SMILES string of the molecule is Cc1cc(NN=CC=Cc2ccccc2)c2cc(F)ccc2n1. The molecule has 4 heteroatoms. The van der Waals surface area contributed by atoms with Crippen molar-refractivity contribution >= 4 is 28.9 Å². The third-order valence-corrected chi connectivity index (χ3v) is 3.33. The number of allylic oxidation sites excluding steroid dienone is 1. The third kappa shape index (κ3) is 3.80. The third-order valence-electron chi connectivity index (χ3n) is 3.33. The normalized spacial score (nSPS) is 11.6. The second-order valence-electron chi connectivity index (χ2n) is 5.13. The average Bonchev–Trinajstić information content (AvgIpc) is 2.56. The lowest BCUT2D eigenvalue weighted by Gasteiger charge is -2.06. The Balaban J connectivity index is 1.77. The molecule has 3 aromatic rings. The monoisotopic (exact) mass is 305 g/mol. The number of halogens is 1. The number of aryl methyl sites for hydroxylation is 1. The molecule has 0 fully saturated rings. The van der Waals surface area contributed by atoms with Crippen LogP contribution in [0.4, 0.5) is 10.1 Å². The molecule has 23 heavy (non-hydrogen) atoms. The molecular weight excluding hydrogens is 289 g/mol. The molecule has 0 spiro atoms. The van der Waals surface area contributed by atoms with E-state index in [0.29, 0.717) is 5.39 Å². The number of benzene rings is 2. The van der Waals surface area contributed by atoms with Crippen LogP contribution in [0.3, 0.4) is 0 Å². The highest BCUT2D eigenvalue weighted by Gasteiger charge is 2.04. The van der Waals surface area contributed by atoms with E-state index >= 15 is 0 Å². The smallest absolute Gasteiger partial charge is 0.124 e. The maximum atomic E-state index is 13.4. The number of hydrazone groups is 1. The van der Waals surface area contributed by atoms with Crippen molar-refractivity contribution in [2.24, 2.45) is 5.10 Å². The van der Waals surface area contributed by atoms with Gasteiger partial charge in [-0.2, -0.15) is 5.10 Å². The van der Waals surface area contributed by atoms with Crippen LogP contribution in [-0.2, 0) is 0 Å². The molecule has 0 aliphatic rings. The van der Waals surface area contributed by atoms with Gasteiger partial charge in [0.1, 0.15) is 5.82 Å². The number of nitrogens with zero attached hydrogens (tertiary/aromatic N) is 2. The molecular formula is C19H16FN3. The summed E-state index contributed by atoms with van der Waals surface area (Å²) in [4.78, 5) is 4.39. The van der Waals surface area contributed by atoms with Crippen LogP contribution in [-0.4, -0.2) is 11.2 Å². The van der Waals surface area contributed by atoms with Crippen molar-refractivity contribution in [2.75, 3.05) is 5.43 Å². The Bertz CT molecular complexity index is 870. The summed E-state index contributed by atoms with van der Waals surface area (Å²) < 4.78 is 13.4. The van der Waals surface area contributed by atoms with Crippen molar-refractivity contribution in [3.63, 3.8) is 0 Å². The minimum atomic E-state index is -0.292. The second kappa shape index (κ2) is 6.83. The van der Waals surface area contributed by atoms with Gasteiger partial charge in [0.05, 0.1) is 11.2 Å². The first-order valence-corrected chi connectivity index (χ1v) is 7.30. The van der Waals surface area contributed by atoms with E-state index in [0.717, 1.165) is 22.5 Å². The standard InChI is InChI=1S/C19H16FN3/c1-14-12-19(17-13-16(20)9-10-18(17)22-14)23-21-11-5-8-15-6-3-2-4-7-15/h2-13H,1H3,(H,22,23). The van der Waals surface area contributed by atoms with Crippen molar-refractivity contribution in [1.29, 1.82) is 0 Å². The van der Waals surface area contributed by atoms with Gasteiger partial charge in [0.2, 0.25) is 0 Å². The van der Waals surface area contributed by atoms with Crippen LogP contribution in [0.2, 0.25) is 0 Å². The van der Waals surface area contributed by atoms with E-state index in [1.54, 1.807) is 12.3 Å². The summed E-state index contributed by atoms with van der Waals surface area (Å²) in [6, 6.07) is 16.3. The zero-order valence-electron chi connectivity index (χ0n) is 12.7.